The summed E-state index contributed by atoms with van der Waals surface area (Å²) in [4.78, 5) is 27.6. The summed E-state index contributed by atoms with van der Waals surface area (Å²) in [5.41, 5.74) is 3.95. The lowest BCUT2D eigenvalue weighted by atomic mass is 10.0. The standard InChI is InChI=1S/C23H17FN4O/c24-19-13-25-10-7-17(19)18-8-11-26-21-14-28(23(29)22(18)21)12-9-16-6-5-15-3-1-2-4-20(15)27-16/h1-8,10-11,13H,9,12,14H2. The van der Waals surface area contributed by atoms with Gasteiger partial charge in [0.1, 0.15) is 5.82 Å². The minimum atomic E-state index is -0.451. The molecule has 142 valence electrons. The number of para-hydroxylation sites is 1. The average Bonchev–Trinajstić information content (AvgIpc) is 3.08. The first-order valence-corrected chi connectivity index (χ1v) is 9.42. The molecule has 5 rings (SSSR count). The highest BCUT2D eigenvalue weighted by Gasteiger charge is 2.31. The van der Waals surface area contributed by atoms with Gasteiger partial charge in [-0.25, -0.2) is 4.39 Å². The second kappa shape index (κ2) is 7.05. The molecule has 1 aromatic carbocycles. The molecular weight excluding hydrogens is 367 g/mol. The second-order valence-electron chi connectivity index (χ2n) is 7.01. The van der Waals surface area contributed by atoms with Crippen LogP contribution in [0.1, 0.15) is 21.7 Å². The first kappa shape index (κ1) is 17.4. The third-order valence-corrected chi connectivity index (χ3v) is 5.23. The van der Waals surface area contributed by atoms with E-state index in [1.807, 2.05) is 36.4 Å². The third kappa shape index (κ3) is 3.12. The van der Waals surface area contributed by atoms with E-state index in [4.69, 9.17) is 0 Å². The van der Waals surface area contributed by atoms with Gasteiger partial charge < -0.3 is 4.90 Å². The molecule has 0 unspecified atom stereocenters. The van der Waals surface area contributed by atoms with Crippen molar-refractivity contribution in [3.05, 3.63) is 89.9 Å². The Hall–Kier alpha value is -3.67. The van der Waals surface area contributed by atoms with Crippen LogP contribution in [0.5, 0.6) is 0 Å². The van der Waals surface area contributed by atoms with Gasteiger partial charge in [-0.1, -0.05) is 24.3 Å². The van der Waals surface area contributed by atoms with E-state index in [2.05, 4.69) is 15.0 Å². The van der Waals surface area contributed by atoms with Gasteiger partial charge in [0.05, 0.1) is 29.5 Å². The quantitative estimate of drug-likeness (QED) is 0.533. The number of nitrogens with zero attached hydrogens (tertiary/aromatic N) is 4. The van der Waals surface area contributed by atoms with Crippen LogP contribution in [0, 0.1) is 5.82 Å². The summed E-state index contributed by atoms with van der Waals surface area (Å²) in [5.74, 6) is -0.576. The van der Waals surface area contributed by atoms with Gasteiger partial charge in [0.25, 0.3) is 5.91 Å². The highest BCUT2D eigenvalue weighted by molar-refractivity contribution is 6.04. The molecule has 1 aliphatic heterocycles. The zero-order valence-electron chi connectivity index (χ0n) is 15.5. The van der Waals surface area contributed by atoms with E-state index < -0.39 is 5.82 Å². The number of amides is 1. The Morgan fingerprint density at radius 2 is 1.86 bits per heavy atom. The van der Waals surface area contributed by atoms with Crippen LogP contribution in [0.15, 0.2) is 67.1 Å². The monoisotopic (exact) mass is 384 g/mol. The first-order chi connectivity index (χ1) is 14.2. The van der Waals surface area contributed by atoms with Crippen LogP contribution in [0.3, 0.4) is 0 Å². The van der Waals surface area contributed by atoms with E-state index >= 15 is 0 Å². The fraction of sp³-hybridized carbons (Fsp3) is 0.130. The van der Waals surface area contributed by atoms with Gasteiger partial charge in [0.15, 0.2) is 0 Å². The molecule has 29 heavy (non-hydrogen) atoms. The molecular formula is C23H17FN4O. The number of hydrogen-bond donors (Lipinski definition) is 0. The summed E-state index contributed by atoms with van der Waals surface area (Å²) in [5, 5.41) is 1.09. The lowest BCUT2D eigenvalue weighted by molar-refractivity contribution is 0.0780. The van der Waals surface area contributed by atoms with E-state index in [1.54, 1.807) is 23.2 Å². The number of halogens is 1. The number of fused-ring (bicyclic) bond motifs is 2. The number of aromatic nitrogens is 3. The minimum Gasteiger partial charge on any atom is -0.332 e. The maximum absolute atomic E-state index is 14.2. The molecule has 4 aromatic rings. The van der Waals surface area contributed by atoms with E-state index in [0.717, 1.165) is 22.8 Å². The van der Waals surface area contributed by atoms with Crippen LogP contribution >= 0.6 is 0 Å². The van der Waals surface area contributed by atoms with Crippen molar-refractivity contribution in [2.24, 2.45) is 0 Å². The Labute approximate surface area is 166 Å². The largest absolute Gasteiger partial charge is 0.332 e. The van der Waals surface area contributed by atoms with E-state index in [-0.39, 0.29) is 5.91 Å². The van der Waals surface area contributed by atoms with Crippen molar-refractivity contribution in [1.29, 1.82) is 0 Å². The molecule has 4 heterocycles. The maximum atomic E-state index is 14.2. The van der Waals surface area contributed by atoms with Crippen LogP contribution in [-0.4, -0.2) is 32.3 Å². The van der Waals surface area contributed by atoms with E-state index in [0.29, 0.717) is 41.9 Å². The van der Waals surface area contributed by atoms with Gasteiger partial charge in [-0.2, -0.15) is 0 Å². The van der Waals surface area contributed by atoms with Crippen molar-refractivity contribution in [3.63, 3.8) is 0 Å². The predicted octanol–water partition coefficient (Wildman–Crippen LogP) is 4.03. The summed E-state index contributed by atoms with van der Waals surface area (Å²) in [6.45, 7) is 0.946. The van der Waals surface area contributed by atoms with Crippen LogP contribution in [0.25, 0.3) is 22.0 Å². The Morgan fingerprint density at radius 3 is 2.76 bits per heavy atom. The molecule has 6 heteroatoms. The third-order valence-electron chi connectivity index (χ3n) is 5.23. The van der Waals surface area contributed by atoms with Crippen molar-refractivity contribution in [2.75, 3.05) is 6.54 Å². The fourth-order valence-electron chi connectivity index (χ4n) is 3.77. The highest BCUT2D eigenvalue weighted by Crippen LogP contribution is 2.32. The molecule has 1 amide bonds. The summed E-state index contributed by atoms with van der Waals surface area (Å²) in [6.07, 6.45) is 4.94. The number of carbonyl (C=O) groups excluding carboxylic acids is 1. The molecule has 1 aliphatic rings. The molecule has 0 saturated heterocycles. The Balaban J connectivity index is 1.39. The molecule has 0 radical (unpaired) electrons. The lowest BCUT2D eigenvalue weighted by Crippen LogP contribution is -2.26. The lowest BCUT2D eigenvalue weighted by Gasteiger charge is -2.15. The van der Waals surface area contributed by atoms with Gasteiger partial charge in [0, 0.05) is 47.6 Å². The molecule has 0 fully saturated rings. The van der Waals surface area contributed by atoms with Crippen molar-refractivity contribution in [1.82, 2.24) is 19.9 Å². The number of hydrogen-bond acceptors (Lipinski definition) is 4. The van der Waals surface area contributed by atoms with Crippen molar-refractivity contribution in [3.8, 4) is 11.1 Å². The summed E-state index contributed by atoms with van der Waals surface area (Å²) in [7, 11) is 0. The summed E-state index contributed by atoms with van der Waals surface area (Å²) in [6, 6.07) is 15.3. The van der Waals surface area contributed by atoms with Gasteiger partial charge in [-0.15, -0.1) is 0 Å². The molecule has 0 atom stereocenters. The zero-order valence-corrected chi connectivity index (χ0v) is 15.5. The van der Waals surface area contributed by atoms with Crippen LogP contribution in [0.2, 0.25) is 0 Å². The maximum Gasteiger partial charge on any atom is 0.256 e. The molecule has 5 nitrogen and oxygen atoms in total. The summed E-state index contributed by atoms with van der Waals surface area (Å²) >= 11 is 0. The van der Waals surface area contributed by atoms with Crippen molar-refractivity contribution in [2.45, 2.75) is 13.0 Å². The Morgan fingerprint density at radius 1 is 1.00 bits per heavy atom. The smallest absolute Gasteiger partial charge is 0.256 e. The molecule has 0 N–H and O–H groups in total. The van der Waals surface area contributed by atoms with Gasteiger partial charge >= 0.3 is 0 Å². The number of pyridine rings is 3. The highest BCUT2D eigenvalue weighted by atomic mass is 19.1. The SMILES string of the molecule is O=C1c2c(-c3ccncc3F)ccnc2CN1CCc1ccc2ccccc2n1. The molecule has 0 spiro atoms. The van der Waals surface area contributed by atoms with Gasteiger partial charge in [-0.3, -0.25) is 19.7 Å². The van der Waals surface area contributed by atoms with Crippen molar-refractivity contribution >= 4 is 16.8 Å². The van der Waals surface area contributed by atoms with Crippen LogP contribution in [-0.2, 0) is 13.0 Å². The van der Waals surface area contributed by atoms with E-state index in [9.17, 15) is 9.18 Å². The van der Waals surface area contributed by atoms with Crippen LogP contribution in [0.4, 0.5) is 4.39 Å². The first-order valence-electron chi connectivity index (χ1n) is 9.42. The molecule has 0 bridgehead atoms. The number of benzene rings is 1. The Kier molecular flexibility index (Phi) is 4.24. The van der Waals surface area contributed by atoms with E-state index in [1.165, 1.54) is 6.20 Å². The minimum absolute atomic E-state index is 0.125. The normalized spacial score (nSPS) is 13.1. The number of rotatable bonds is 4. The molecule has 0 aliphatic carbocycles. The van der Waals surface area contributed by atoms with Gasteiger partial charge in [0.2, 0.25) is 0 Å². The number of carbonyl (C=O) groups is 1. The molecule has 3 aromatic heterocycles. The fourth-order valence-corrected chi connectivity index (χ4v) is 3.77. The Bertz CT molecular complexity index is 1240. The average molecular weight is 384 g/mol. The summed E-state index contributed by atoms with van der Waals surface area (Å²) < 4.78 is 14.2. The topological polar surface area (TPSA) is 59.0 Å². The van der Waals surface area contributed by atoms with Crippen LogP contribution < -0.4 is 0 Å². The zero-order chi connectivity index (χ0) is 19.8. The van der Waals surface area contributed by atoms with Gasteiger partial charge in [-0.05, 0) is 24.3 Å². The molecule has 0 saturated carbocycles. The second-order valence-corrected chi connectivity index (χ2v) is 7.01. The van der Waals surface area contributed by atoms with Crippen molar-refractivity contribution < 1.29 is 9.18 Å². The predicted molar refractivity (Wildman–Crippen MR) is 108 cm³/mol.